The second kappa shape index (κ2) is 5.45. The summed E-state index contributed by atoms with van der Waals surface area (Å²) >= 11 is 1.96. The quantitative estimate of drug-likeness (QED) is 0.791. The molecule has 0 unspecified atom stereocenters. The molecule has 0 bridgehead atoms. The molecule has 0 spiro atoms. The fourth-order valence-electron chi connectivity index (χ4n) is 2.00. The van der Waals surface area contributed by atoms with Crippen LogP contribution in [-0.2, 0) is 0 Å². The van der Waals surface area contributed by atoms with Crippen molar-refractivity contribution >= 4 is 23.4 Å². The average molecular weight is 250 g/mol. The van der Waals surface area contributed by atoms with Crippen molar-refractivity contribution in [3.8, 4) is 0 Å². The largest absolute Gasteiger partial charge is 0.398 e. The number of amides is 1. The molecule has 1 aliphatic heterocycles. The van der Waals surface area contributed by atoms with Crippen LogP contribution in [0.5, 0.6) is 0 Å². The summed E-state index contributed by atoms with van der Waals surface area (Å²) in [6, 6.07) is 5.81. The minimum Gasteiger partial charge on any atom is -0.398 e. The fraction of sp³-hybridized carbons (Fsp3) is 0.462. The number of carbonyl (C=O) groups is 1. The third-order valence-electron chi connectivity index (χ3n) is 3.18. The monoisotopic (exact) mass is 250 g/mol. The summed E-state index contributed by atoms with van der Waals surface area (Å²) in [4.78, 5) is 12.1. The molecular formula is C13H18N2OS. The molecule has 1 aromatic carbocycles. The number of hydrogen-bond donors (Lipinski definition) is 2. The van der Waals surface area contributed by atoms with Crippen molar-refractivity contribution in [1.29, 1.82) is 0 Å². The molecule has 1 amide bonds. The van der Waals surface area contributed by atoms with Gasteiger partial charge in [-0.2, -0.15) is 11.8 Å². The Morgan fingerprint density at radius 2 is 2.12 bits per heavy atom. The van der Waals surface area contributed by atoms with Gasteiger partial charge in [0, 0.05) is 17.3 Å². The molecule has 3 nitrogen and oxygen atoms in total. The van der Waals surface area contributed by atoms with Gasteiger partial charge in [-0.05, 0) is 49.0 Å². The van der Waals surface area contributed by atoms with Crippen molar-refractivity contribution in [2.75, 3.05) is 17.2 Å². The molecule has 1 saturated heterocycles. The van der Waals surface area contributed by atoms with Gasteiger partial charge in [-0.25, -0.2) is 0 Å². The summed E-state index contributed by atoms with van der Waals surface area (Å²) < 4.78 is 0. The van der Waals surface area contributed by atoms with Crippen molar-refractivity contribution < 1.29 is 4.79 Å². The van der Waals surface area contributed by atoms with Crippen LogP contribution in [0, 0.1) is 6.92 Å². The Hall–Kier alpha value is -1.16. The van der Waals surface area contributed by atoms with Crippen LogP contribution < -0.4 is 11.1 Å². The van der Waals surface area contributed by atoms with E-state index >= 15 is 0 Å². The Labute approximate surface area is 106 Å². The number of rotatable bonds is 2. The van der Waals surface area contributed by atoms with Gasteiger partial charge in [0.1, 0.15) is 0 Å². The maximum Gasteiger partial charge on any atom is 0.251 e. The van der Waals surface area contributed by atoms with Crippen LogP contribution in [0.3, 0.4) is 0 Å². The zero-order valence-electron chi connectivity index (χ0n) is 10.0. The van der Waals surface area contributed by atoms with Crippen LogP contribution >= 0.6 is 11.8 Å². The second-order valence-electron chi connectivity index (χ2n) is 4.38. The van der Waals surface area contributed by atoms with Gasteiger partial charge in [-0.1, -0.05) is 6.07 Å². The third-order valence-corrected chi connectivity index (χ3v) is 4.23. The zero-order chi connectivity index (χ0) is 12.3. The highest BCUT2D eigenvalue weighted by Gasteiger charge is 2.18. The number of benzene rings is 1. The topological polar surface area (TPSA) is 55.1 Å². The van der Waals surface area contributed by atoms with E-state index < -0.39 is 0 Å². The molecule has 4 heteroatoms. The van der Waals surface area contributed by atoms with E-state index in [0.717, 1.165) is 29.9 Å². The Kier molecular flexibility index (Phi) is 3.94. The first kappa shape index (κ1) is 12.3. The molecule has 0 aromatic heterocycles. The molecular weight excluding hydrogens is 232 g/mol. The minimum absolute atomic E-state index is 0.00620. The zero-order valence-corrected chi connectivity index (χ0v) is 10.8. The van der Waals surface area contributed by atoms with Gasteiger partial charge in [0.25, 0.3) is 5.91 Å². The van der Waals surface area contributed by atoms with Crippen LogP contribution in [0.4, 0.5) is 5.69 Å². The predicted molar refractivity (Wildman–Crippen MR) is 73.4 cm³/mol. The normalized spacial score (nSPS) is 16.8. The Morgan fingerprint density at radius 1 is 1.41 bits per heavy atom. The molecule has 0 radical (unpaired) electrons. The highest BCUT2D eigenvalue weighted by molar-refractivity contribution is 7.99. The molecule has 1 aromatic rings. The number of thioether (sulfide) groups is 1. The predicted octanol–water partition coefficient (Wildman–Crippen LogP) is 2.20. The van der Waals surface area contributed by atoms with Gasteiger partial charge < -0.3 is 11.1 Å². The van der Waals surface area contributed by atoms with Gasteiger partial charge in [-0.15, -0.1) is 0 Å². The average Bonchev–Trinajstić information content (AvgIpc) is 2.34. The lowest BCUT2D eigenvalue weighted by atomic mass is 10.1. The Balaban J connectivity index is 2.06. The first-order chi connectivity index (χ1) is 8.18. The van der Waals surface area contributed by atoms with Gasteiger partial charge in [-0.3, -0.25) is 4.79 Å². The summed E-state index contributed by atoms with van der Waals surface area (Å²) in [5.41, 5.74) is 8.05. The highest BCUT2D eigenvalue weighted by Crippen LogP contribution is 2.19. The number of nitrogens with one attached hydrogen (secondary N) is 1. The van der Waals surface area contributed by atoms with Crippen molar-refractivity contribution in [3.63, 3.8) is 0 Å². The van der Waals surface area contributed by atoms with Crippen molar-refractivity contribution in [1.82, 2.24) is 5.32 Å². The number of hydrogen-bond acceptors (Lipinski definition) is 3. The van der Waals surface area contributed by atoms with Gasteiger partial charge in [0.05, 0.1) is 0 Å². The molecule has 92 valence electrons. The number of nitrogens with two attached hydrogens (primary N) is 1. The van der Waals surface area contributed by atoms with Crippen LogP contribution in [0.25, 0.3) is 0 Å². The Bertz CT molecular complexity index is 414. The van der Waals surface area contributed by atoms with E-state index in [4.69, 9.17) is 5.73 Å². The lowest BCUT2D eigenvalue weighted by Crippen LogP contribution is -2.37. The van der Waals surface area contributed by atoms with E-state index in [1.807, 2.05) is 36.9 Å². The van der Waals surface area contributed by atoms with Crippen molar-refractivity contribution in [2.45, 2.75) is 25.8 Å². The van der Waals surface area contributed by atoms with E-state index in [1.165, 1.54) is 0 Å². The van der Waals surface area contributed by atoms with Crippen LogP contribution in [0.1, 0.15) is 28.8 Å². The highest BCUT2D eigenvalue weighted by atomic mass is 32.2. The first-order valence-electron chi connectivity index (χ1n) is 5.92. The SMILES string of the molecule is Cc1c(N)cccc1C(=O)NC1CCSCC1. The molecule has 1 aliphatic rings. The van der Waals surface area contributed by atoms with Gasteiger partial charge >= 0.3 is 0 Å². The van der Waals surface area contributed by atoms with Crippen LogP contribution in [-0.4, -0.2) is 23.5 Å². The minimum atomic E-state index is 0.00620. The summed E-state index contributed by atoms with van der Waals surface area (Å²) in [5, 5.41) is 3.10. The summed E-state index contributed by atoms with van der Waals surface area (Å²) in [5.74, 6) is 2.29. The number of anilines is 1. The molecule has 2 rings (SSSR count). The number of carbonyl (C=O) groups excluding carboxylic acids is 1. The van der Waals surface area contributed by atoms with E-state index in [1.54, 1.807) is 0 Å². The Morgan fingerprint density at radius 3 is 2.82 bits per heavy atom. The summed E-state index contributed by atoms with van der Waals surface area (Å²) in [6.07, 6.45) is 2.13. The molecule has 0 atom stereocenters. The fourth-order valence-corrected chi connectivity index (χ4v) is 3.11. The van der Waals surface area contributed by atoms with Gasteiger partial charge in [0.15, 0.2) is 0 Å². The standard InChI is InChI=1S/C13H18N2OS/c1-9-11(3-2-4-12(9)14)13(16)15-10-5-7-17-8-6-10/h2-4,10H,5-8,14H2,1H3,(H,15,16). The number of nitrogen functional groups attached to an aromatic ring is 1. The van der Waals surface area contributed by atoms with E-state index in [0.29, 0.717) is 17.3 Å². The second-order valence-corrected chi connectivity index (χ2v) is 5.60. The van der Waals surface area contributed by atoms with Gasteiger partial charge in [0.2, 0.25) is 0 Å². The maximum absolute atomic E-state index is 12.1. The lowest BCUT2D eigenvalue weighted by molar-refractivity contribution is 0.0934. The van der Waals surface area contributed by atoms with Crippen molar-refractivity contribution in [2.24, 2.45) is 0 Å². The molecule has 17 heavy (non-hydrogen) atoms. The molecule has 3 N–H and O–H groups in total. The molecule has 0 saturated carbocycles. The first-order valence-corrected chi connectivity index (χ1v) is 7.07. The van der Waals surface area contributed by atoms with Crippen LogP contribution in [0.2, 0.25) is 0 Å². The maximum atomic E-state index is 12.1. The summed E-state index contributed by atoms with van der Waals surface area (Å²) in [6.45, 7) is 1.89. The molecule has 1 heterocycles. The van der Waals surface area contributed by atoms with Crippen molar-refractivity contribution in [3.05, 3.63) is 29.3 Å². The smallest absolute Gasteiger partial charge is 0.251 e. The van der Waals surface area contributed by atoms with Crippen LogP contribution in [0.15, 0.2) is 18.2 Å². The molecule has 1 fully saturated rings. The molecule has 0 aliphatic carbocycles. The lowest BCUT2D eigenvalue weighted by Gasteiger charge is -2.23. The summed E-state index contributed by atoms with van der Waals surface area (Å²) in [7, 11) is 0. The van der Waals surface area contributed by atoms with E-state index in [9.17, 15) is 4.79 Å². The van der Waals surface area contributed by atoms with E-state index in [-0.39, 0.29) is 5.91 Å². The third kappa shape index (κ3) is 2.94. The van der Waals surface area contributed by atoms with E-state index in [2.05, 4.69) is 5.32 Å².